The van der Waals surface area contributed by atoms with Gasteiger partial charge >= 0.3 is 0 Å². The summed E-state index contributed by atoms with van der Waals surface area (Å²) in [7, 11) is 2.32. The Kier molecular flexibility index (Phi) is 6.65. The smallest absolute Gasteiger partial charge is 0.0249 e. The van der Waals surface area contributed by atoms with E-state index >= 15 is 0 Å². The molecule has 3 atom stereocenters. The number of nitrogens with zero attached hydrogens (tertiary/aromatic N) is 1. The summed E-state index contributed by atoms with van der Waals surface area (Å²) >= 11 is 0. The Labute approximate surface area is 115 Å². The standard InChI is InChI=1S/C16H34N2/c1-7-17-15-9-8-14(13(4)5)10-16(15)18(6)11-12(2)3/h12-17H,7-11H2,1-6H3. The molecule has 1 N–H and O–H groups in total. The summed E-state index contributed by atoms with van der Waals surface area (Å²) in [4.78, 5) is 2.60. The first-order valence-electron chi connectivity index (χ1n) is 7.89. The van der Waals surface area contributed by atoms with Crippen molar-refractivity contribution in [1.82, 2.24) is 10.2 Å². The van der Waals surface area contributed by atoms with Crippen LogP contribution in [0, 0.1) is 17.8 Å². The van der Waals surface area contributed by atoms with Crippen LogP contribution in [-0.4, -0.2) is 37.1 Å². The normalized spacial score (nSPS) is 29.5. The molecule has 0 aromatic rings. The zero-order valence-electron chi connectivity index (χ0n) is 13.4. The van der Waals surface area contributed by atoms with E-state index in [1.807, 2.05) is 0 Å². The van der Waals surface area contributed by atoms with Crippen LogP contribution in [0.4, 0.5) is 0 Å². The van der Waals surface area contributed by atoms with Crippen molar-refractivity contribution in [2.24, 2.45) is 17.8 Å². The fourth-order valence-electron chi connectivity index (χ4n) is 3.48. The summed E-state index contributed by atoms with van der Waals surface area (Å²) in [6.07, 6.45) is 4.13. The molecule has 1 rings (SSSR count). The van der Waals surface area contributed by atoms with Crippen LogP contribution < -0.4 is 5.32 Å². The number of rotatable bonds is 6. The molecule has 2 heteroatoms. The molecule has 2 nitrogen and oxygen atoms in total. The van der Waals surface area contributed by atoms with Gasteiger partial charge in [-0.3, -0.25) is 0 Å². The number of hydrogen-bond acceptors (Lipinski definition) is 2. The van der Waals surface area contributed by atoms with Crippen molar-refractivity contribution in [1.29, 1.82) is 0 Å². The first-order chi connectivity index (χ1) is 8.45. The maximum Gasteiger partial charge on any atom is 0.0249 e. The van der Waals surface area contributed by atoms with E-state index in [-0.39, 0.29) is 0 Å². The molecule has 0 amide bonds. The molecule has 1 saturated carbocycles. The molecule has 1 fully saturated rings. The van der Waals surface area contributed by atoms with Crippen molar-refractivity contribution in [3.05, 3.63) is 0 Å². The van der Waals surface area contributed by atoms with Crippen molar-refractivity contribution < 1.29 is 0 Å². The van der Waals surface area contributed by atoms with Crippen LogP contribution in [0.1, 0.15) is 53.9 Å². The minimum absolute atomic E-state index is 0.703. The molecule has 0 saturated heterocycles. The highest BCUT2D eigenvalue weighted by atomic mass is 15.2. The summed E-state index contributed by atoms with van der Waals surface area (Å²) < 4.78 is 0. The van der Waals surface area contributed by atoms with Crippen LogP contribution >= 0.6 is 0 Å². The minimum atomic E-state index is 0.703. The predicted octanol–water partition coefficient (Wildman–Crippen LogP) is 3.38. The van der Waals surface area contributed by atoms with E-state index in [1.165, 1.54) is 25.8 Å². The average molecular weight is 254 g/mol. The summed E-state index contributed by atoms with van der Waals surface area (Å²) in [5.41, 5.74) is 0. The number of nitrogens with one attached hydrogen (secondary N) is 1. The van der Waals surface area contributed by atoms with Crippen molar-refractivity contribution in [2.45, 2.75) is 66.0 Å². The van der Waals surface area contributed by atoms with E-state index < -0.39 is 0 Å². The largest absolute Gasteiger partial charge is 0.313 e. The predicted molar refractivity (Wildman–Crippen MR) is 80.9 cm³/mol. The highest BCUT2D eigenvalue weighted by Crippen LogP contribution is 2.32. The van der Waals surface area contributed by atoms with Crippen LogP contribution in [0.5, 0.6) is 0 Å². The molecule has 0 bridgehead atoms. The number of hydrogen-bond donors (Lipinski definition) is 1. The summed E-state index contributed by atoms with van der Waals surface area (Å²) in [6, 6.07) is 1.43. The molecule has 0 spiro atoms. The lowest BCUT2D eigenvalue weighted by atomic mass is 9.76. The van der Waals surface area contributed by atoms with Crippen LogP contribution in [0.3, 0.4) is 0 Å². The second-order valence-corrected chi connectivity index (χ2v) is 6.88. The van der Waals surface area contributed by atoms with E-state index in [4.69, 9.17) is 0 Å². The topological polar surface area (TPSA) is 15.3 Å². The van der Waals surface area contributed by atoms with Gasteiger partial charge in [-0.05, 0) is 50.6 Å². The van der Waals surface area contributed by atoms with E-state index in [0.717, 1.165) is 30.3 Å². The third-order valence-corrected chi connectivity index (χ3v) is 4.49. The van der Waals surface area contributed by atoms with Crippen molar-refractivity contribution >= 4 is 0 Å². The molecule has 0 aromatic carbocycles. The van der Waals surface area contributed by atoms with Gasteiger partial charge in [0.25, 0.3) is 0 Å². The van der Waals surface area contributed by atoms with Crippen molar-refractivity contribution in [3.63, 3.8) is 0 Å². The van der Waals surface area contributed by atoms with E-state index in [0.29, 0.717) is 6.04 Å². The van der Waals surface area contributed by atoms with E-state index in [9.17, 15) is 0 Å². The van der Waals surface area contributed by atoms with Gasteiger partial charge in [0.05, 0.1) is 0 Å². The van der Waals surface area contributed by atoms with Gasteiger partial charge in [-0.2, -0.15) is 0 Å². The van der Waals surface area contributed by atoms with E-state index in [2.05, 4.69) is 51.9 Å². The Hall–Kier alpha value is -0.0800. The minimum Gasteiger partial charge on any atom is -0.313 e. The Balaban J connectivity index is 2.64. The molecule has 0 aliphatic heterocycles. The molecule has 0 aromatic heterocycles. The molecule has 0 heterocycles. The second kappa shape index (κ2) is 7.49. The van der Waals surface area contributed by atoms with Gasteiger partial charge in [0.1, 0.15) is 0 Å². The maximum absolute atomic E-state index is 3.71. The monoisotopic (exact) mass is 254 g/mol. The van der Waals surface area contributed by atoms with Gasteiger partial charge in [-0.15, -0.1) is 0 Å². The van der Waals surface area contributed by atoms with Gasteiger partial charge in [-0.25, -0.2) is 0 Å². The molecule has 0 radical (unpaired) electrons. The molecule has 18 heavy (non-hydrogen) atoms. The SMILES string of the molecule is CCNC1CCC(C(C)C)CC1N(C)CC(C)C. The lowest BCUT2D eigenvalue weighted by Crippen LogP contribution is -2.53. The highest BCUT2D eigenvalue weighted by molar-refractivity contribution is 4.91. The maximum atomic E-state index is 3.71. The molecular weight excluding hydrogens is 220 g/mol. The first-order valence-corrected chi connectivity index (χ1v) is 7.89. The lowest BCUT2D eigenvalue weighted by molar-refractivity contribution is 0.0948. The van der Waals surface area contributed by atoms with Gasteiger partial charge in [0, 0.05) is 18.6 Å². The molecule has 108 valence electrons. The fraction of sp³-hybridized carbons (Fsp3) is 1.00. The van der Waals surface area contributed by atoms with Gasteiger partial charge in [-0.1, -0.05) is 34.6 Å². The molecule has 1 aliphatic carbocycles. The fourth-order valence-corrected chi connectivity index (χ4v) is 3.48. The Bertz CT molecular complexity index is 225. The van der Waals surface area contributed by atoms with Crippen LogP contribution in [0.25, 0.3) is 0 Å². The Morgan fingerprint density at radius 1 is 1.17 bits per heavy atom. The van der Waals surface area contributed by atoms with Crippen LogP contribution in [0.2, 0.25) is 0 Å². The zero-order chi connectivity index (χ0) is 13.7. The molecule has 1 aliphatic rings. The molecular formula is C16H34N2. The number of likely N-dealkylation sites (N-methyl/N-ethyl adjacent to an activating group) is 2. The van der Waals surface area contributed by atoms with Crippen molar-refractivity contribution in [2.75, 3.05) is 20.1 Å². The van der Waals surface area contributed by atoms with Gasteiger partial charge in [0.2, 0.25) is 0 Å². The van der Waals surface area contributed by atoms with E-state index in [1.54, 1.807) is 0 Å². The second-order valence-electron chi connectivity index (χ2n) is 6.88. The average Bonchev–Trinajstić information content (AvgIpc) is 2.28. The third kappa shape index (κ3) is 4.55. The van der Waals surface area contributed by atoms with Crippen LogP contribution in [0.15, 0.2) is 0 Å². The Morgan fingerprint density at radius 3 is 2.33 bits per heavy atom. The van der Waals surface area contributed by atoms with Gasteiger partial charge in [0.15, 0.2) is 0 Å². The lowest BCUT2D eigenvalue weighted by Gasteiger charge is -2.43. The Morgan fingerprint density at radius 2 is 1.83 bits per heavy atom. The van der Waals surface area contributed by atoms with Crippen molar-refractivity contribution in [3.8, 4) is 0 Å². The third-order valence-electron chi connectivity index (χ3n) is 4.49. The molecule has 3 unspecified atom stereocenters. The van der Waals surface area contributed by atoms with Crippen LogP contribution in [-0.2, 0) is 0 Å². The van der Waals surface area contributed by atoms with Gasteiger partial charge < -0.3 is 10.2 Å². The summed E-state index contributed by atoms with van der Waals surface area (Å²) in [6.45, 7) is 14.0. The first kappa shape index (κ1) is 16.0. The summed E-state index contributed by atoms with van der Waals surface area (Å²) in [5, 5.41) is 3.71. The zero-order valence-corrected chi connectivity index (χ0v) is 13.4. The summed E-state index contributed by atoms with van der Waals surface area (Å²) in [5.74, 6) is 2.51. The highest BCUT2D eigenvalue weighted by Gasteiger charge is 2.33. The quantitative estimate of drug-likeness (QED) is 0.782.